The van der Waals surface area contributed by atoms with Crippen molar-refractivity contribution in [1.29, 1.82) is 0 Å². The van der Waals surface area contributed by atoms with Crippen molar-refractivity contribution >= 4 is 5.69 Å². The topological polar surface area (TPSA) is 30.1 Å². The van der Waals surface area contributed by atoms with E-state index in [2.05, 4.69) is 14.8 Å². The summed E-state index contributed by atoms with van der Waals surface area (Å²) in [7, 11) is 0. The van der Waals surface area contributed by atoms with Gasteiger partial charge in [0.1, 0.15) is 5.82 Å². The Morgan fingerprint density at radius 1 is 1.11 bits per heavy atom. The highest BCUT2D eigenvalue weighted by atomic mass is 19.4. The molecule has 0 bridgehead atoms. The van der Waals surface area contributed by atoms with E-state index < -0.39 is 17.7 Å². The first-order chi connectivity index (χ1) is 8.91. The molecule has 0 radical (unpaired) electrons. The highest BCUT2D eigenvalue weighted by Crippen LogP contribution is 2.29. The monoisotopic (exact) mass is 267 g/mol. The van der Waals surface area contributed by atoms with Crippen LogP contribution in [0.5, 0.6) is 0 Å². The Bertz CT molecular complexity index is 642. The fourth-order valence-electron chi connectivity index (χ4n) is 1.39. The lowest BCUT2D eigenvalue weighted by atomic mass is 10.1. The van der Waals surface area contributed by atoms with Gasteiger partial charge in [0.15, 0.2) is 11.4 Å². The van der Waals surface area contributed by atoms with Crippen LogP contribution in [0.15, 0.2) is 30.6 Å². The van der Waals surface area contributed by atoms with Crippen molar-refractivity contribution in [3.63, 3.8) is 0 Å². The summed E-state index contributed by atoms with van der Waals surface area (Å²) in [6, 6.07) is 3.53. The van der Waals surface area contributed by atoms with Gasteiger partial charge < -0.3 is 0 Å². The maximum atomic E-state index is 13.5. The van der Waals surface area contributed by atoms with Crippen LogP contribution in [-0.2, 0) is 6.18 Å². The molecular formula is C12H5F4N3. The molecule has 0 spiro atoms. The molecule has 7 heteroatoms. The Labute approximate surface area is 105 Å². The van der Waals surface area contributed by atoms with Gasteiger partial charge in [-0.15, -0.1) is 0 Å². The fourth-order valence-corrected chi connectivity index (χ4v) is 1.39. The minimum atomic E-state index is -4.59. The molecule has 0 fully saturated rings. The van der Waals surface area contributed by atoms with E-state index in [0.29, 0.717) is 6.20 Å². The minimum Gasteiger partial charge on any atom is -0.252 e. The second-order valence-electron chi connectivity index (χ2n) is 3.56. The summed E-state index contributed by atoms with van der Waals surface area (Å²) in [5.74, 6) is -0.679. The molecule has 1 aromatic heterocycles. The van der Waals surface area contributed by atoms with Gasteiger partial charge in [-0.05, 0) is 12.1 Å². The largest absolute Gasteiger partial charge is 0.434 e. The molecule has 96 valence electrons. The number of alkyl halides is 3. The Kier molecular flexibility index (Phi) is 3.17. The standard InChI is InChI=1S/C12H5F4N3/c1-17-7-2-3-9(13)8(4-7)10-5-19-11(6-18-10)12(14,15)16/h2-6H. The number of aromatic nitrogens is 2. The summed E-state index contributed by atoms with van der Waals surface area (Å²) in [6.07, 6.45) is -3.24. The van der Waals surface area contributed by atoms with Crippen LogP contribution in [0.4, 0.5) is 23.2 Å². The Morgan fingerprint density at radius 3 is 2.37 bits per heavy atom. The van der Waals surface area contributed by atoms with E-state index in [-0.39, 0.29) is 16.9 Å². The van der Waals surface area contributed by atoms with Crippen molar-refractivity contribution in [3.8, 4) is 11.3 Å². The van der Waals surface area contributed by atoms with E-state index in [1.807, 2.05) is 0 Å². The molecule has 0 saturated carbocycles. The Hall–Kier alpha value is -2.49. The zero-order chi connectivity index (χ0) is 14.0. The van der Waals surface area contributed by atoms with Crippen LogP contribution in [0.1, 0.15) is 5.69 Å². The molecule has 2 aromatic rings. The van der Waals surface area contributed by atoms with Gasteiger partial charge in [0.2, 0.25) is 0 Å². The average molecular weight is 267 g/mol. The number of halogens is 4. The summed E-state index contributed by atoms with van der Waals surface area (Å²) in [6.45, 7) is 6.81. The highest BCUT2D eigenvalue weighted by Gasteiger charge is 2.32. The first-order valence-electron chi connectivity index (χ1n) is 4.98. The molecule has 1 aromatic carbocycles. The van der Waals surface area contributed by atoms with Crippen molar-refractivity contribution in [2.24, 2.45) is 0 Å². The first kappa shape index (κ1) is 13.0. The third-order valence-corrected chi connectivity index (χ3v) is 2.30. The molecule has 2 rings (SSSR count). The maximum absolute atomic E-state index is 13.5. The van der Waals surface area contributed by atoms with Gasteiger partial charge in [-0.3, -0.25) is 4.98 Å². The molecule has 0 aliphatic heterocycles. The van der Waals surface area contributed by atoms with Gasteiger partial charge >= 0.3 is 6.18 Å². The van der Waals surface area contributed by atoms with Crippen LogP contribution in [-0.4, -0.2) is 9.97 Å². The van der Waals surface area contributed by atoms with Gasteiger partial charge in [-0.1, -0.05) is 6.07 Å². The van der Waals surface area contributed by atoms with Crippen molar-refractivity contribution in [1.82, 2.24) is 9.97 Å². The molecule has 1 heterocycles. The molecule has 0 amide bonds. The molecule has 0 N–H and O–H groups in total. The second-order valence-corrected chi connectivity index (χ2v) is 3.56. The molecule has 0 unspecified atom stereocenters. The van der Waals surface area contributed by atoms with Gasteiger partial charge in [0, 0.05) is 5.56 Å². The summed E-state index contributed by atoms with van der Waals surface area (Å²) in [4.78, 5) is 9.83. The van der Waals surface area contributed by atoms with Crippen LogP contribution in [0.25, 0.3) is 16.1 Å². The molecule has 0 aliphatic rings. The molecule has 0 atom stereocenters. The number of hydrogen-bond acceptors (Lipinski definition) is 2. The number of nitrogens with zero attached hydrogens (tertiary/aromatic N) is 3. The SMILES string of the molecule is [C-]#[N+]c1ccc(F)c(-c2cnc(C(F)(F)F)cn2)c1. The smallest absolute Gasteiger partial charge is 0.252 e. The average Bonchev–Trinajstić information content (AvgIpc) is 2.38. The summed E-state index contributed by atoms with van der Waals surface area (Å²) < 4.78 is 50.4. The number of benzene rings is 1. The zero-order valence-corrected chi connectivity index (χ0v) is 9.24. The normalized spacial score (nSPS) is 11.1. The van der Waals surface area contributed by atoms with E-state index in [4.69, 9.17) is 6.57 Å². The first-order valence-corrected chi connectivity index (χ1v) is 4.98. The van der Waals surface area contributed by atoms with Crippen LogP contribution in [0.3, 0.4) is 0 Å². The summed E-state index contributed by atoms with van der Waals surface area (Å²) in [5, 5.41) is 0. The van der Waals surface area contributed by atoms with Crippen molar-refractivity contribution in [3.05, 3.63) is 53.5 Å². The molecule has 0 aliphatic carbocycles. The number of rotatable bonds is 1. The third-order valence-electron chi connectivity index (χ3n) is 2.30. The Morgan fingerprint density at radius 2 is 1.84 bits per heavy atom. The molecule has 19 heavy (non-hydrogen) atoms. The van der Waals surface area contributed by atoms with Crippen LogP contribution >= 0.6 is 0 Å². The van der Waals surface area contributed by atoms with Gasteiger partial charge in [-0.25, -0.2) is 14.2 Å². The van der Waals surface area contributed by atoms with Crippen molar-refractivity contribution < 1.29 is 17.6 Å². The molecule has 0 saturated heterocycles. The predicted octanol–water partition coefficient (Wildman–Crippen LogP) is 3.85. The predicted molar refractivity (Wildman–Crippen MR) is 58.7 cm³/mol. The van der Waals surface area contributed by atoms with Gasteiger partial charge in [-0.2, -0.15) is 13.2 Å². The van der Waals surface area contributed by atoms with E-state index in [1.165, 1.54) is 12.1 Å². The summed E-state index contributed by atoms with van der Waals surface area (Å²) >= 11 is 0. The maximum Gasteiger partial charge on any atom is 0.434 e. The van der Waals surface area contributed by atoms with Crippen LogP contribution in [0.2, 0.25) is 0 Å². The van der Waals surface area contributed by atoms with E-state index in [0.717, 1.165) is 12.3 Å². The fraction of sp³-hybridized carbons (Fsp3) is 0.0833. The summed E-state index contributed by atoms with van der Waals surface area (Å²) in [5.41, 5.74) is -1.11. The zero-order valence-electron chi connectivity index (χ0n) is 9.24. The quantitative estimate of drug-likeness (QED) is 0.580. The van der Waals surface area contributed by atoms with Crippen molar-refractivity contribution in [2.45, 2.75) is 6.18 Å². The van der Waals surface area contributed by atoms with Crippen LogP contribution < -0.4 is 0 Å². The van der Waals surface area contributed by atoms with Crippen molar-refractivity contribution in [2.75, 3.05) is 0 Å². The van der Waals surface area contributed by atoms with Gasteiger partial charge in [0.05, 0.1) is 24.7 Å². The lowest BCUT2D eigenvalue weighted by Crippen LogP contribution is -2.08. The van der Waals surface area contributed by atoms with Crippen LogP contribution in [0, 0.1) is 12.4 Å². The van der Waals surface area contributed by atoms with E-state index in [1.54, 1.807) is 0 Å². The van der Waals surface area contributed by atoms with E-state index in [9.17, 15) is 17.6 Å². The molecular weight excluding hydrogens is 262 g/mol. The highest BCUT2D eigenvalue weighted by molar-refractivity contribution is 5.65. The lowest BCUT2D eigenvalue weighted by Gasteiger charge is -2.06. The lowest BCUT2D eigenvalue weighted by molar-refractivity contribution is -0.141. The third kappa shape index (κ3) is 2.68. The van der Waals surface area contributed by atoms with E-state index >= 15 is 0 Å². The second kappa shape index (κ2) is 4.65. The Balaban J connectivity index is 2.46. The minimum absolute atomic E-state index is 0.0593. The van der Waals surface area contributed by atoms with Gasteiger partial charge in [0.25, 0.3) is 0 Å². The molecule has 3 nitrogen and oxygen atoms in total. The number of hydrogen-bond donors (Lipinski definition) is 0.